The molecule has 7 heteroatoms. The summed E-state index contributed by atoms with van der Waals surface area (Å²) in [6, 6.07) is 3.58. The lowest BCUT2D eigenvalue weighted by molar-refractivity contribution is -0.174. The standard InChI is InChI=1S/C34H45N3O4/c1-30-10-7-23(38)20-32(30)13-14-34(24(21-32)28(39)25-6-3-19-41-25)26(30)8-11-31(2)27(34)9-12-33(31,40)22-37-18-5-17-36-16-4-15-35-29(36)37/h3,6,13-14,19,21,23,26-27,38,40H,4-5,7-12,15-18,20,22H2,1-2H3. The number of β-amino-alcohol motifs (C(OH)–C–C–N with tert-alkyl or cyclic N) is 1. The van der Waals surface area contributed by atoms with Crippen molar-refractivity contribution in [2.45, 2.75) is 83.3 Å². The summed E-state index contributed by atoms with van der Waals surface area (Å²) in [6.07, 6.45) is 16.5. The Bertz CT molecular complexity index is 1350. The summed E-state index contributed by atoms with van der Waals surface area (Å²) in [5, 5.41) is 23.6. The van der Waals surface area contributed by atoms with Gasteiger partial charge in [0.15, 0.2) is 11.7 Å². The lowest BCUT2D eigenvalue weighted by Gasteiger charge is -2.71. The van der Waals surface area contributed by atoms with Gasteiger partial charge in [-0.15, -0.1) is 0 Å². The molecule has 41 heavy (non-hydrogen) atoms. The van der Waals surface area contributed by atoms with Gasteiger partial charge in [0.25, 0.3) is 0 Å². The molecule has 220 valence electrons. The van der Waals surface area contributed by atoms with E-state index in [2.05, 4.69) is 41.9 Å². The number of fused-ring (bicyclic) bond motifs is 2. The van der Waals surface area contributed by atoms with Crippen LogP contribution in [0.5, 0.6) is 0 Å². The van der Waals surface area contributed by atoms with Crippen LogP contribution in [0.1, 0.15) is 82.2 Å². The molecule has 8 aliphatic rings. The summed E-state index contributed by atoms with van der Waals surface area (Å²) in [7, 11) is 0. The van der Waals surface area contributed by atoms with E-state index in [4.69, 9.17) is 9.41 Å². The normalized spacial score (nSPS) is 46.3. The van der Waals surface area contributed by atoms with E-state index in [1.165, 1.54) is 0 Å². The highest BCUT2D eigenvalue weighted by Crippen LogP contribution is 2.78. The molecule has 1 aromatic heterocycles. The van der Waals surface area contributed by atoms with Crippen molar-refractivity contribution >= 4 is 11.7 Å². The van der Waals surface area contributed by atoms with E-state index in [1.54, 1.807) is 18.4 Å². The summed E-state index contributed by atoms with van der Waals surface area (Å²) in [6.45, 7) is 9.29. The van der Waals surface area contributed by atoms with Crippen LogP contribution >= 0.6 is 0 Å². The van der Waals surface area contributed by atoms with E-state index in [1.807, 2.05) is 0 Å². The molecular weight excluding hydrogens is 514 g/mol. The van der Waals surface area contributed by atoms with Crippen LogP contribution < -0.4 is 0 Å². The zero-order chi connectivity index (χ0) is 28.3. The van der Waals surface area contributed by atoms with Crippen LogP contribution in [-0.2, 0) is 0 Å². The minimum Gasteiger partial charge on any atom is -0.461 e. The highest BCUT2D eigenvalue weighted by Gasteiger charge is 2.74. The average molecular weight is 560 g/mol. The zero-order valence-electron chi connectivity index (χ0n) is 24.6. The summed E-state index contributed by atoms with van der Waals surface area (Å²) in [5.41, 5.74) is -1.14. The molecular formula is C34H45N3O4. The van der Waals surface area contributed by atoms with Gasteiger partial charge >= 0.3 is 0 Å². The number of aliphatic hydroxyl groups is 2. The molecule has 1 saturated heterocycles. The maximum atomic E-state index is 14.3. The number of hydrogen-bond donors (Lipinski definition) is 2. The van der Waals surface area contributed by atoms with Gasteiger partial charge in [-0.25, -0.2) is 0 Å². The molecule has 8 atom stereocenters. The Balaban J connectivity index is 1.22. The van der Waals surface area contributed by atoms with Crippen molar-refractivity contribution < 1.29 is 19.4 Å². The van der Waals surface area contributed by atoms with Gasteiger partial charge < -0.3 is 24.4 Å². The molecule has 8 unspecified atom stereocenters. The van der Waals surface area contributed by atoms with Gasteiger partial charge in [-0.3, -0.25) is 9.79 Å². The van der Waals surface area contributed by atoms with E-state index in [9.17, 15) is 15.0 Å². The maximum absolute atomic E-state index is 14.3. The van der Waals surface area contributed by atoms with Crippen LogP contribution in [0.15, 0.2) is 51.6 Å². The first-order valence-electron chi connectivity index (χ1n) is 16.1. The SMILES string of the molecule is CC12CCC(O)CC13C=CC1(C(C(=O)c4ccco4)=C3)C2CCC2(C)C1CCC2(O)CN1CCCN2CCCN=C21. The number of Topliss-reactive ketones (excluding diaryl/α,β-unsaturated/α-hetero) is 1. The van der Waals surface area contributed by atoms with E-state index in [0.29, 0.717) is 24.6 Å². The first-order valence-corrected chi connectivity index (χ1v) is 16.1. The van der Waals surface area contributed by atoms with E-state index >= 15 is 0 Å². The molecule has 2 bridgehead atoms. The molecule has 1 aromatic rings. The number of nitrogens with zero attached hydrogens (tertiary/aromatic N) is 3. The first-order chi connectivity index (χ1) is 19.7. The third-order valence-corrected chi connectivity index (χ3v) is 13.4. The Kier molecular flexibility index (Phi) is 5.50. The molecule has 2 N–H and O–H groups in total. The van der Waals surface area contributed by atoms with Crippen LogP contribution in [0, 0.1) is 33.5 Å². The third-order valence-electron chi connectivity index (χ3n) is 13.4. The fourth-order valence-electron chi connectivity index (χ4n) is 11.3. The van der Waals surface area contributed by atoms with Gasteiger partial charge in [-0.1, -0.05) is 32.1 Å². The van der Waals surface area contributed by atoms with Gasteiger partial charge in [0.05, 0.1) is 24.5 Å². The van der Waals surface area contributed by atoms with Gasteiger partial charge in [0.2, 0.25) is 5.78 Å². The second-order valence-corrected chi connectivity index (χ2v) is 14.9. The van der Waals surface area contributed by atoms with Crippen LogP contribution in [0.25, 0.3) is 0 Å². The van der Waals surface area contributed by atoms with Crippen LogP contribution in [-0.4, -0.2) is 76.2 Å². The minimum atomic E-state index is -0.858. The summed E-state index contributed by atoms with van der Waals surface area (Å²) in [4.78, 5) is 24.0. The molecule has 7 nitrogen and oxygen atoms in total. The molecule has 0 aromatic carbocycles. The fourth-order valence-corrected chi connectivity index (χ4v) is 11.3. The van der Waals surface area contributed by atoms with Gasteiger partial charge in [0.1, 0.15) is 0 Å². The summed E-state index contributed by atoms with van der Waals surface area (Å²) >= 11 is 0. The van der Waals surface area contributed by atoms with Gasteiger partial charge in [0, 0.05) is 48.0 Å². The van der Waals surface area contributed by atoms with Crippen molar-refractivity contribution in [1.82, 2.24) is 9.80 Å². The molecule has 4 fully saturated rings. The number of ketones is 1. The highest BCUT2D eigenvalue weighted by molar-refractivity contribution is 6.08. The molecule has 2 aliphatic heterocycles. The second-order valence-electron chi connectivity index (χ2n) is 14.9. The first kappa shape index (κ1) is 26.3. The van der Waals surface area contributed by atoms with Crippen molar-refractivity contribution in [2.24, 2.45) is 38.5 Å². The number of aliphatic hydroxyl groups excluding tert-OH is 1. The zero-order valence-corrected chi connectivity index (χ0v) is 24.6. The topological polar surface area (TPSA) is 89.5 Å². The number of hydrogen-bond acceptors (Lipinski definition) is 7. The molecule has 0 amide bonds. The monoisotopic (exact) mass is 559 g/mol. The van der Waals surface area contributed by atoms with Gasteiger partial charge in [-0.05, 0) is 87.2 Å². The Labute approximate surface area is 243 Å². The number of aliphatic imine (C=N–C) groups is 1. The Morgan fingerprint density at radius 2 is 1.83 bits per heavy atom. The van der Waals surface area contributed by atoms with Crippen molar-refractivity contribution in [1.29, 1.82) is 0 Å². The number of carbonyl (C=O) groups is 1. The third kappa shape index (κ3) is 3.23. The number of carbonyl (C=O) groups excluding carboxylic acids is 1. The molecule has 9 rings (SSSR count). The van der Waals surface area contributed by atoms with Crippen LogP contribution in [0.4, 0.5) is 0 Å². The Hall–Kier alpha value is -2.38. The van der Waals surface area contributed by atoms with E-state index in [0.717, 1.165) is 89.1 Å². The number of guanidine groups is 1. The molecule has 0 radical (unpaired) electrons. The quantitative estimate of drug-likeness (QED) is 0.406. The summed E-state index contributed by atoms with van der Waals surface area (Å²) in [5.74, 6) is 1.89. The molecule has 3 heterocycles. The van der Waals surface area contributed by atoms with Crippen molar-refractivity contribution in [3.05, 3.63) is 48.0 Å². The molecule has 2 spiro atoms. The van der Waals surface area contributed by atoms with Crippen molar-refractivity contribution in [2.75, 3.05) is 32.7 Å². The van der Waals surface area contributed by atoms with Crippen LogP contribution in [0.2, 0.25) is 0 Å². The second kappa shape index (κ2) is 8.59. The Morgan fingerprint density at radius 3 is 2.66 bits per heavy atom. The van der Waals surface area contributed by atoms with Crippen LogP contribution in [0.3, 0.4) is 0 Å². The smallest absolute Gasteiger partial charge is 0.224 e. The van der Waals surface area contributed by atoms with E-state index < -0.39 is 11.0 Å². The average Bonchev–Trinajstić information content (AvgIpc) is 3.60. The molecule has 6 aliphatic carbocycles. The predicted octanol–water partition coefficient (Wildman–Crippen LogP) is 4.82. The number of rotatable bonds is 4. The summed E-state index contributed by atoms with van der Waals surface area (Å²) < 4.78 is 5.70. The minimum absolute atomic E-state index is 0.0197. The fraction of sp³-hybridized carbons (Fsp3) is 0.706. The lowest BCUT2D eigenvalue weighted by atomic mass is 9.32. The Morgan fingerprint density at radius 1 is 1.05 bits per heavy atom. The van der Waals surface area contributed by atoms with Crippen molar-refractivity contribution in [3.8, 4) is 0 Å². The highest BCUT2D eigenvalue weighted by atomic mass is 16.3. The lowest BCUT2D eigenvalue weighted by Crippen LogP contribution is -2.68. The maximum Gasteiger partial charge on any atom is 0.224 e. The van der Waals surface area contributed by atoms with Gasteiger partial charge in [-0.2, -0.15) is 0 Å². The van der Waals surface area contributed by atoms with E-state index in [-0.39, 0.29) is 34.1 Å². The number of allylic oxidation sites excluding steroid dienone is 4. The van der Waals surface area contributed by atoms with Crippen molar-refractivity contribution in [3.63, 3.8) is 0 Å². The predicted molar refractivity (Wildman–Crippen MR) is 156 cm³/mol. The number of furan rings is 1. The largest absolute Gasteiger partial charge is 0.461 e. The molecule has 3 saturated carbocycles.